The molecule has 1 aromatic heterocycles. The molecule has 7 nitrogen and oxygen atoms in total. The summed E-state index contributed by atoms with van der Waals surface area (Å²) >= 11 is 0. The highest BCUT2D eigenvalue weighted by molar-refractivity contribution is 6.21. The fraction of sp³-hybridized carbons (Fsp3) is 0.350. The van der Waals surface area contributed by atoms with Gasteiger partial charge in [0.15, 0.2) is 0 Å². The first-order chi connectivity index (χ1) is 14.1. The number of anilines is 1. The van der Waals surface area contributed by atoms with E-state index in [1.165, 1.54) is 12.1 Å². The predicted molar refractivity (Wildman–Crippen MR) is 103 cm³/mol. The van der Waals surface area contributed by atoms with Crippen molar-refractivity contribution >= 4 is 17.6 Å². The average molecular weight is 422 g/mol. The van der Waals surface area contributed by atoms with Gasteiger partial charge in [-0.3, -0.25) is 9.78 Å². The Bertz CT molecular complexity index is 932. The predicted octanol–water partition coefficient (Wildman–Crippen LogP) is 3.27. The largest absolute Gasteiger partial charge is 0.573 e. The van der Waals surface area contributed by atoms with E-state index in [0.717, 1.165) is 28.2 Å². The van der Waals surface area contributed by atoms with Crippen LogP contribution in [0.4, 0.5) is 23.7 Å². The molecule has 0 radical (unpaired) electrons. The normalized spacial score (nSPS) is 18.0. The smallest absolute Gasteiger partial charge is 0.406 e. The zero-order valence-electron chi connectivity index (χ0n) is 16.6. The number of aromatic nitrogens is 1. The molecule has 1 aromatic carbocycles. The van der Waals surface area contributed by atoms with Crippen LogP contribution in [0.5, 0.6) is 5.75 Å². The molecule has 1 aliphatic heterocycles. The lowest BCUT2D eigenvalue weighted by Crippen LogP contribution is -2.35. The lowest BCUT2D eigenvalue weighted by Gasteiger charge is -2.22. The van der Waals surface area contributed by atoms with Crippen molar-refractivity contribution in [3.8, 4) is 5.75 Å². The SMILES string of the molecule is CC(c1ccncc1CN(C)C)C1NC(=O)N(c2ccc(OC(F)(F)F)cc2)C1=O. The second-order valence-corrected chi connectivity index (χ2v) is 7.24. The Hall–Kier alpha value is -3.14. The summed E-state index contributed by atoms with van der Waals surface area (Å²) in [4.78, 5) is 32.5. The van der Waals surface area contributed by atoms with Crippen LogP contribution in [-0.4, -0.2) is 48.3 Å². The summed E-state index contributed by atoms with van der Waals surface area (Å²) in [6, 6.07) is 4.94. The molecule has 160 valence electrons. The number of hydrogen-bond acceptors (Lipinski definition) is 5. The van der Waals surface area contributed by atoms with Gasteiger partial charge in [0.25, 0.3) is 5.91 Å². The number of urea groups is 1. The maximum absolute atomic E-state index is 13.0. The molecule has 1 N–H and O–H groups in total. The molecule has 10 heteroatoms. The minimum Gasteiger partial charge on any atom is -0.406 e. The van der Waals surface area contributed by atoms with Crippen molar-refractivity contribution in [2.75, 3.05) is 19.0 Å². The lowest BCUT2D eigenvalue weighted by atomic mass is 9.90. The number of ether oxygens (including phenoxy) is 1. The third-order valence-corrected chi connectivity index (χ3v) is 4.72. The van der Waals surface area contributed by atoms with Crippen LogP contribution in [0.15, 0.2) is 42.7 Å². The van der Waals surface area contributed by atoms with Crippen molar-refractivity contribution in [3.63, 3.8) is 0 Å². The number of nitrogens with zero attached hydrogens (tertiary/aromatic N) is 3. The molecule has 0 saturated carbocycles. The van der Waals surface area contributed by atoms with Gasteiger partial charge in [0, 0.05) is 24.9 Å². The molecule has 2 aromatic rings. The fourth-order valence-electron chi connectivity index (χ4n) is 3.41. The molecule has 1 fully saturated rings. The number of hydrogen-bond donors (Lipinski definition) is 1. The Morgan fingerprint density at radius 2 is 1.87 bits per heavy atom. The summed E-state index contributed by atoms with van der Waals surface area (Å²) in [7, 11) is 3.83. The van der Waals surface area contributed by atoms with Crippen molar-refractivity contribution in [2.45, 2.75) is 31.8 Å². The zero-order chi connectivity index (χ0) is 22.1. The molecule has 1 saturated heterocycles. The van der Waals surface area contributed by atoms with Crippen molar-refractivity contribution in [1.82, 2.24) is 15.2 Å². The number of pyridine rings is 1. The average Bonchev–Trinajstić information content (AvgIpc) is 2.95. The Morgan fingerprint density at radius 1 is 1.20 bits per heavy atom. The molecule has 3 amide bonds. The summed E-state index contributed by atoms with van der Waals surface area (Å²) in [6.45, 7) is 2.45. The monoisotopic (exact) mass is 422 g/mol. The molecule has 2 atom stereocenters. The van der Waals surface area contributed by atoms with Crippen LogP contribution in [0.2, 0.25) is 0 Å². The first-order valence-electron chi connectivity index (χ1n) is 9.14. The first-order valence-corrected chi connectivity index (χ1v) is 9.14. The molecular weight excluding hydrogens is 401 g/mol. The van der Waals surface area contributed by atoms with Gasteiger partial charge in [-0.1, -0.05) is 6.92 Å². The fourth-order valence-corrected chi connectivity index (χ4v) is 3.41. The van der Waals surface area contributed by atoms with Crippen LogP contribution in [0.25, 0.3) is 0 Å². The van der Waals surface area contributed by atoms with Crippen LogP contribution in [-0.2, 0) is 11.3 Å². The summed E-state index contributed by atoms with van der Waals surface area (Å²) in [5.41, 5.74) is 1.97. The number of benzene rings is 1. The molecule has 1 aliphatic rings. The van der Waals surface area contributed by atoms with E-state index in [4.69, 9.17) is 0 Å². The van der Waals surface area contributed by atoms with Crippen LogP contribution < -0.4 is 15.0 Å². The zero-order valence-corrected chi connectivity index (χ0v) is 16.6. The van der Waals surface area contributed by atoms with Crippen molar-refractivity contribution in [3.05, 3.63) is 53.9 Å². The van der Waals surface area contributed by atoms with Gasteiger partial charge in [0.05, 0.1) is 5.69 Å². The van der Waals surface area contributed by atoms with E-state index < -0.39 is 30.1 Å². The van der Waals surface area contributed by atoms with Gasteiger partial charge in [0.1, 0.15) is 11.8 Å². The Balaban J connectivity index is 1.81. The van der Waals surface area contributed by atoms with Crippen molar-refractivity contribution in [1.29, 1.82) is 0 Å². The first kappa shape index (κ1) is 21.6. The van der Waals surface area contributed by atoms with Gasteiger partial charge in [-0.15, -0.1) is 13.2 Å². The summed E-state index contributed by atoms with van der Waals surface area (Å²) < 4.78 is 40.8. The molecule has 0 aliphatic carbocycles. The molecule has 0 bridgehead atoms. The molecule has 2 unspecified atom stereocenters. The number of imide groups is 1. The second-order valence-electron chi connectivity index (χ2n) is 7.24. The van der Waals surface area contributed by atoms with Crippen LogP contribution in [0.3, 0.4) is 0 Å². The Labute approximate surface area is 171 Å². The maximum atomic E-state index is 13.0. The number of halogens is 3. The third-order valence-electron chi connectivity index (χ3n) is 4.72. The Kier molecular flexibility index (Phi) is 5.97. The van der Waals surface area contributed by atoms with E-state index >= 15 is 0 Å². The highest BCUT2D eigenvalue weighted by atomic mass is 19.4. The van der Waals surface area contributed by atoms with Gasteiger partial charge in [-0.05, 0) is 55.6 Å². The molecule has 3 rings (SSSR count). The van der Waals surface area contributed by atoms with Crippen LogP contribution in [0, 0.1) is 0 Å². The van der Waals surface area contributed by atoms with Gasteiger partial charge < -0.3 is 15.0 Å². The molecular formula is C20H21F3N4O3. The molecule has 0 spiro atoms. The molecule has 2 heterocycles. The van der Waals surface area contributed by atoms with Gasteiger partial charge in [0.2, 0.25) is 0 Å². The number of carbonyl (C=O) groups is 2. The number of rotatable bonds is 6. The minimum atomic E-state index is -4.82. The Morgan fingerprint density at radius 3 is 2.47 bits per heavy atom. The van der Waals surface area contributed by atoms with Gasteiger partial charge in [-0.2, -0.15) is 0 Å². The minimum absolute atomic E-state index is 0.157. The van der Waals surface area contributed by atoms with E-state index in [9.17, 15) is 22.8 Å². The van der Waals surface area contributed by atoms with Gasteiger partial charge in [-0.25, -0.2) is 9.69 Å². The van der Waals surface area contributed by atoms with E-state index in [0.29, 0.717) is 6.54 Å². The molecule has 30 heavy (non-hydrogen) atoms. The van der Waals surface area contributed by atoms with E-state index in [1.54, 1.807) is 12.4 Å². The van der Waals surface area contributed by atoms with E-state index in [1.807, 2.05) is 32.0 Å². The third kappa shape index (κ3) is 4.70. The van der Waals surface area contributed by atoms with Gasteiger partial charge >= 0.3 is 12.4 Å². The second kappa shape index (κ2) is 8.31. The summed E-state index contributed by atoms with van der Waals surface area (Å²) in [6.07, 6.45) is -1.47. The number of amides is 3. The number of carbonyl (C=O) groups excluding carboxylic acids is 2. The highest BCUT2D eigenvalue weighted by Gasteiger charge is 2.42. The van der Waals surface area contributed by atoms with Crippen molar-refractivity contribution in [2.24, 2.45) is 0 Å². The van der Waals surface area contributed by atoms with Crippen LogP contribution >= 0.6 is 0 Å². The highest BCUT2D eigenvalue weighted by Crippen LogP contribution is 2.31. The van der Waals surface area contributed by atoms with E-state index in [2.05, 4.69) is 15.0 Å². The summed E-state index contributed by atoms with van der Waals surface area (Å²) in [5.74, 6) is -1.25. The maximum Gasteiger partial charge on any atom is 0.573 e. The summed E-state index contributed by atoms with van der Waals surface area (Å²) in [5, 5.41) is 2.68. The quantitative estimate of drug-likeness (QED) is 0.724. The standard InChI is InChI=1S/C20H21F3N4O3/c1-12(16-8-9-24-10-13(16)11-26(2)3)17-18(28)27(19(29)25-17)14-4-6-15(7-5-14)30-20(21,22)23/h4-10,12,17H,11H2,1-3H3,(H,25,29). The topological polar surface area (TPSA) is 74.8 Å². The number of alkyl halides is 3. The van der Waals surface area contributed by atoms with Crippen molar-refractivity contribution < 1.29 is 27.5 Å². The lowest BCUT2D eigenvalue weighted by molar-refractivity contribution is -0.274. The van der Waals surface area contributed by atoms with Crippen LogP contribution in [0.1, 0.15) is 24.0 Å². The van der Waals surface area contributed by atoms with E-state index in [-0.39, 0.29) is 11.6 Å². The number of nitrogens with one attached hydrogen (secondary N) is 1.